The Balaban J connectivity index is 1.24. The zero-order valence-electron chi connectivity index (χ0n) is 19.9. The van der Waals surface area contributed by atoms with Crippen molar-refractivity contribution in [2.45, 2.75) is 0 Å². The van der Waals surface area contributed by atoms with Crippen molar-refractivity contribution in [3.8, 4) is 34.3 Å². The van der Waals surface area contributed by atoms with Gasteiger partial charge < -0.3 is 24.0 Å². The van der Waals surface area contributed by atoms with Crippen LogP contribution in [-0.4, -0.2) is 50.4 Å². The molecule has 0 N–H and O–H groups in total. The van der Waals surface area contributed by atoms with Crippen LogP contribution in [0.4, 0.5) is 11.5 Å². The van der Waals surface area contributed by atoms with Crippen molar-refractivity contribution < 1.29 is 14.2 Å². The van der Waals surface area contributed by atoms with Gasteiger partial charge in [-0.05, 0) is 48.5 Å². The van der Waals surface area contributed by atoms with E-state index >= 15 is 0 Å². The number of ether oxygens (including phenoxy) is 3. The topological polar surface area (TPSA) is 60.0 Å². The van der Waals surface area contributed by atoms with Crippen LogP contribution in [0.2, 0.25) is 0 Å². The summed E-state index contributed by atoms with van der Waals surface area (Å²) in [5.41, 5.74) is 2.97. The van der Waals surface area contributed by atoms with E-state index in [0.29, 0.717) is 0 Å². The highest BCUT2D eigenvalue weighted by atomic mass is 16.5. The van der Waals surface area contributed by atoms with Crippen LogP contribution in [0.3, 0.4) is 0 Å². The van der Waals surface area contributed by atoms with Crippen molar-refractivity contribution in [3.63, 3.8) is 0 Å². The third-order valence-electron chi connectivity index (χ3n) is 6.09. The first-order valence-corrected chi connectivity index (χ1v) is 11.6. The normalized spacial score (nSPS) is 13.4. The summed E-state index contributed by atoms with van der Waals surface area (Å²) in [6.45, 7) is 3.48. The Labute approximate surface area is 205 Å². The highest BCUT2D eigenvalue weighted by Gasteiger charge is 2.20. The van der Waals surface area contributed by atoms with Gasteiger partial charge in [-0.3, -0.25) is 4.98 Å². The first-order valence-electron chi connectivity index (χ1n) is 11.6. The predicted octanol–water partition coefficient (Wildman–Crippen LogP) is 5.28. The number of para-hydroxylation sites is 1. The zero-order valence-corrected chi connectivity index (χ0v) is 19.9. The first-order chi connectivity index (χ1) is 17.2. The Morgan fingerprint density at radius 1 is 0.686 bits per heavy atom. The van der Waals surface area contributed by atoms with Crippen LogP contribution in [0.5, 0.6) is 23.0 Å². The summed E-state index contributed by atoms with van der Waals surface area (Å²) in [6, 6.07) is 23.8. The summed E-state index contributed by atoms with van der Waals surface area (Å²) in [7, 11) is 3.31. The molecule has 7 heteroatoms. The van der Waals surface area contributed by atoms with E-state index in [9.17, 15) is 0 Å². The molecular weight excluding hydrogens is 440 g/mol. The minimum atomic E-state index is 0.738. The number of methoxy groups -OCH3 is 2. The van der Waals surface area contributed by atoms with Gasteiger partial charge in [0.1, 0.15) is 17.3 Å². The van der Waals surface area contributed by atoms with Gasteiger partial charge in [0, 0.05) is 43.5 Å². The molecule has 0 amide bonds. The molecule has 0 saturated carbocycles. The van der Waals surface area contributed by atoms with E-state index in [-0.39, 0.29) is 0 Å². The molecule has 35 heavy (non-hydrogen) atoms. The van der Waals surface area contributed by atoms with E-state index in [1.165, 1.54) is 0 Å². The molecule has 0 aliphatic carbocycles. The van der Waals surface area contributed by atoms with E-state index in [0.717, 1.165) is 71.9 Å². The number of piperazine rings is 1. The van der Waals surface area contributed by atoms with E-state index in [1.54, 1.807) is 20.4 Å². The van der Waals surface area contributed by atoms with Gasteiger partial charge in [0.15, 0.2) is 11.5 Å². The fraction of sp³-hybridized carbons (Fsp3) is 0.214. The minimum Gasteiger partial charge on any atom is -0.493 e. The summed E-state index contributed by atoms with van der Waals surface area (Å²) in [4.78, 5) is 14.0. The second-order valence-electron chi connectivity index (χ2n) is 8.22. The van der Waals surface area contributed by atoms with Gasteiger partial charge in [-0.1, -0.05) is 18.2 Å². The van der Waals surface area contributed by atoms with Crippen LogP contribution in [0.25, 0.3) is 11.3 Å². The monoisotopic (exact) mass is 468 g/mol. The standard InChI is InChI=1S/C28H28N4O3/c1-33-26-13-10-22(18-27(26)34-2)31-14-16-32(17-15-31)28-20-29-19-25(30-28)21-8-11-24(12-9-21)35-23-6-4-3-5-7-23/h3-13,18-20H,14-17H2,1-2H3. The molecule has 178 valence electrons. The predicted molar refractivity (Wildman–Crippen MR) is 138 cm³/mol. The van der Waals surface area contributed by atoms with Crippen LogP contribution >= 0.6 is 0 Å². The van der Waals surface area contributed by atoms with E-state index in [4.69, 9.17) is 19.2 Å². The van der Waals surface area contributed by atoms with Crippen LogP contribution < -0.4 is 24.0 Å². The molecule has 0 spiro atoms. The average Bonchev–Trinajstić information content (AvgIpc) is 2.94. The SMILES string of the molecule is COc1ccc(N2CCN(c3cncc(-c4ccc(Oc5ccccc5)cc4)n3)CC2)cc1OC. The van der Waals surface area contributed by atoms with Crippen molar-refractivity contribution in [1.82, 2.24) is 9.97 Å². The van der Waals surface area contributed by atoms with Gasteiger partial charge in [0.25, 0.3) is 0 Å². The summed E-state index contributed by atoms with van der Waals surface area (Å²) < 4.78 is 16.7. The Hall–Kier alpha value is -4.26. The van der Waals surface area contributed by atoms with Gasteiger partial charge in [-0.25, -0.2) is 4.98 Å². The Morgan fingerprint density at radius 3 is 2.09 bits per heavy atom. The van der Waals surface area contributed by atoms with Crippen LogP contribution in [0.15, 0.2) is 85.2 Å². The Bertz CT molecular complexity index is 1260. The molecule has 0 atom stereocenters. The number of hydrogen-bond acceptors (Lipinski definition) is 7. The molecular formula is C28H28N4O3. The molecule has 1 aliphatic heterocycles. The molecule has 1 fully saturated rings. The Morgan fingerprint density at radius 2 is 1.37 bits per heavy atom. The fourth-order valence-electron chi connectivity index (χ4n) is 4.18. The fourth-order valence-corrected chi connectivity index (χ4v) is 4.18. The van der Waals surface area contributed by atoms with E-state index in [2.05, 4.69) is 20.9 Å². The maximum atomic E-state index is 5.90. The lowest BCUT2D eigenvalue weighted by atomic mass is 10.1. The summed E-state index contributed by atoms with van der Waals surface area (Å²) in [5.74, 6) is 3.97. The molecule has 3 aromatic carbocycles. The quantitative estimate of drug-likeness (QED) is 0.366. The van der Waals surface area contributed by atoms with Crippen LogP contribution in [0, 0.1) is 0 Å². The average molecular weight is 469 g/mol. The maximum absolute atomic E-state index is 5.90. The lowest BCUT2D eigenvalue weighted by Crippen LogP contribution is -2.46. The minimum absolute atomic E-state index is 0.738. The summed E-state index contributed by atoms with van der Waals surface area (Å²) >= 11 is 0. The molecule has 0 bridgehead atoms. The summed E-state index contributed by atoms with van der Waals surface area (Å²) in [5, 5.41) is 0. The van der Waals surface area contributed by atoms with Gasteiger partial charge in [-0.2, -0.15) is 0 Å². The number of rotatable bonds is 7. The largest absolute Gasteiger partial charge is 0.493 e. The first kappa shape index (κ1) is 22.5. The van der Waals surface area contributed by atoms with Gasteiger partial charge in [-0.15, -0.1) is 0 Å². The third-order valence-corrected chi connectivity index (χ3v) is 6.09. The lowest BCUT2D eigenvalue weighted by molar-refractivity contribution is 0.355. The summed E-state index contributed by atoms with van der Waals surface area (Å²) in [6.07, 6.45) is 3.64. The smallest absolute Gasteiger partial charge is 0.162 e. The molecule has 1 aliphatic rings. The second kappa shape index (κ2) is 10.3. The lowest BCUT2D eigenvalue weighted by Gasteiger charge is -2.36. The molecule has 5 rings (SSSR count). The van der Waals surface area contributed by atoms with Crippen molar-refractivity contribution in [2.24, 2.45) is 0 Å². The van der Waals surface area contributed by atoms with E-state index < -0.39 is 0 Å². The van der Waals surface area contributed by atoms with Crippen LogP contribution in [0.1, 0.15) is 0 Å². The van der Waals surface area contributed by atoms with Gasteiger partial charge in [0.2, 0.25) is 0 Å². The highest BCUT2D eigenvalue weighted by Crippen LogP contribution is 2.32. The molecule has 2 heterocycles. The number of nitrogens with zero attached hydrogens (tertiary/aromatic N) is 4. The van der Waals surface area contributed by atoms with Crippen molar-refractivity contribution >= 4 is 11.5 Å². The number of anilines is 2. The molecule has 1 saturated heterocycles. The Kier molecular flexibility index (Phi) is 6.66. The molecule has 0 radical (unpaired) electrons. The highest BCUT2D eigenvalue weighted by molar-refractivity contribution is 5.62. The maximum Gasteiger partial charge on any atom is 0.162 e. The molecule has 4 aromatic rings. The molecule has 7 nitrogen and oxygen atoms in total. The molecule has 1 aromatic heterocycles. The number of aromatic nitrogens is 2. The number of hydrogen-bond donors (Lipinski definition) is 0. The van der Waals surface area contributed by atoms with Crippen molar-refractivity contribution in [2.75, 3.05) is 50.2 Å². The van der Waals surface area contributed by atoms with Crippen molar-refractivity contribution in [1.29, 1.82) is 0 Å². The number of benzene rings is 3. The van der Waals surface area contributed by atoms with Gasteiger partial charge >= 0.3 is 0 Å². The zero-order chi connectivity index (χ0) is 24.0. The third kappa shape index (κ3) is 5.14. The van der Waals surface area contributed by atoms with E-state index in [1.807, 2.05) is 72.9 Å². The molecule has 0 unspecified atom stereocenters. The van der Waals surface area contributed by atoms with Crippen molar-refractivity contribution in [3.05, 3.63) is 85.2 Å². The van der Waals surface area contributed by atoms with Crippen LogP contribution in [-0.2, 0) is 0 Å². The van der Waals surface area contributed by atoms with Gasteiger partial charge in [0.05, 0.1) is 32.3 Å². The second-order valence-corrected chi connectivity index (χ2v) is 8.22.